The molecule has 0 aliphatic heterocycles. The fourth-order valence-corrected chi connectivity index (χ4v) is 5.57. The number of thiophene rings is 2. The standard InChI is InChI=1S/C20H24S2/c1-11(2)15-7-8-16(17(9-15)12(3)4)19-14(6)20-18(22-19)13(5)10-21-20/h7-12H,1-6H3. The molecule has 0 unspecified atom stereocenters. The Hall–Kier alpha value is -1.12. The van der Waals surface area contributed by atoms with E-state index >= 15 is 0 Å². The Morgan fingerprint density at radius 1 is 0.909 bits per heavy atom. The highest BCUT2D eigenvalue weighted by molar-refractivity contribution is 7.29. The molecular weight excluding hydrogens is 304 g/mol. The van der Waals surface area contributed by atoms with Crippen LogP contribution in [0.15, 0.2) is 23.6 Å². The SMILES string of the molecule is Cc1csc2c(C)c(-c3ccc(C(C)C)cc3C(C)C)sc12. The lowest BCUT2D eigenvalue weighted by atomic mass is 9.90. The van der Waals surface area contributed by atoms with Crippen LogP contribution in [0.1, 0.15) is 61.8 Å². The van der Waals surface area contributed by atoms with Gasteiger partial charge in [0.05, 0.1) is 0 Å². The maximum atomic E-state index is 2.42. The summed E-state index contributed by atoms with van der Waals surface area (Å²) in [6.45, 7) is 13.7. The average Bonchev–Trinajstić information content (AvgIpc) is 2.99. The van der Waals surface area contributed by atoms with Crippen LogP contribution in [0.2, 0.25) is 0 Å². The Morgan fingerprint density at radius 3 is 2.23 bits per heavy atom. The topological polar surface area (TPSA) is 0 Å². The van der Waals surface area contributed by atoms with Crippen molar-refractivity contribution in [1.29, 1.82) is 0 Å². The minimum Gasteiger partial charge on any atom is -0.142 e. The first-order chi connectivity index (χ1) is 10.4. The highest BCUT2D eigenvalue weighted by atomic mass is 32.1. The van der Waals surface area contributed by atoms with Gasteiger partial charge in [-0.05, 0) is 58.9 Å². The molecule has 0 nitrogen and oxygen atoms in total. The predicted octanol–water partition coefficient (Wildman–Crippen LogP) is 7.49. The normalized spacial score (nSPS) is 12.0. The molecule has 0 fully saturated rings. The third-order valence-electron chi connectivity index (χ3n) is 4.41. The zero-order valence-corrected chi connectivity index (χ0v) is 15.9. The van der Waals surface area contributed by atoms with Crippen molar-refractivity contribution in [2.75, 3.05) is 0 Å². The molecule has 3 rings (SSSR count). The molecule has 2 heterocycles. The summed E-state index contributed by atoms with van der Waals surface area (Å²) in [5, 5.41) is 2.28. The van der Waals surface area contributed by atoms with Crippen LogP contribution in [-0.2, 0) is 0 Å². The summed E-state index contributed by atoms with van der Waals surface area (Å²) in [6.07, 6.45) is 0. The summed E-state index contributed by atoms with van der Waals surface area (Å²) in [5.74, 6) is 1.14. The van der Waals surface area contributed by atoms with E-state index < -0.39 is 0 Å². The Morgan fingerprint density at radius 2 is 1.64 bits per heavy atom. The molecule has 0 aliphatic carbocycles. The number of aryl methyl sites for hydroxylation is 2. The van der Waals surface area contributed by atoms with Gasteiger partial charge in [0, 0.05) is 14.3 Å². The second kappa shape index (κ2) is 5.82. The first-order valence-electron chi connectivity index (χ1n) is 8.01. The van der Waals surface area contributed by atoms with E-state index in [2.05, 4.69) is 65.1 Å². The average molecular weight is 329 g/mol. The van der Waals surface area contributed by atoms with Crippen LogP contribution < -0.4 is 0 Å². The lowest BCUT2D eigenvalue weighted by molar-refractivity contribution is 0.836. The number of rotatable bonds is 3. The molecule has 0 amide bonds. The zero-order chi connectivity index (χ0) is 16.0. The highest BCUT2D eigenvalue weighted by Crippen LogP contribution is 2.45. The van der Waals surface area contributed by atoms with Crippen LogP contribution in [0, 0.1) is 13.8 Å². The molecule has 0 saturated heterocycles. The van der Waals surface area contributed by atoms with Crippen molar-refractivity contribution < 1.29 is 0 Å². The van der Waals surface area contributed by atoms with E-state index in [1.165, 1.54) is 42.1 Å². The van der Waals surface area contributed by atoms with Crippen LogP contribution in [0.4, 0.5) is 0 Å². The monoisotopic (exact) mass is 328 g/mol. The van der Waals surface area contributed by atoms with Gasteiger partial charge in [0.25, 0.3) is 0 Å². The maximum absolute atomic E-state index is 2.42. The van der Waals surface area contributed by atoms with E-state index in [9.17, 15) is 0 Å². The number of hydrogen-bond donors (Lipinski definition) is 0. The summed E-state index contributed by atoms with van der Waals surface area (Å²) in [4.78, 5) is 1.46. The van der Waals surface area contributed by atoms with E-state index in [1.54, 1.807) is 0 Å². The van der Waals surface area contributed by atoms with Crippen molar-refractivity contribution in [2.45, 2.75) is 53.4 Å². The third-order valence-corrected chi connectivity index (χ3v) is 7.22. The molecule has 0 aliphatic rings. The Bertz CT molecular complexity index is 816. The highest BCUT2D eigenvalue weighted by Gasteiger charge is 2.18. The van der Waals surface area contributed by atoms with Crippen LogP contribution in [0.5, 0.6) is 0 Å². The van der Waals surface area contributed by atoms with E-state index in [1.807, 2.05) is 22.7 Å². The van der Waals surface area contributed by atoms with Crippen LogP contribution in [0.3, 0.4) is 0 Å². The molecule has 22 heavy (non-hydrogen) atoms. The second-order valence-corrected chi connectivity index (χ2v) is 8.69. The quantitative estimate of drug-likeness (QED) is 0.467. The summed E-state index contributed by atoms with van der Waals surface area (Å²) >= 11 is 3.86. The van der Waals surface area contributed by atoms with Crippen molar-refractivity contribution >= 4 is 32.1 Å². The first kappa shape index (κ1) is 15.8. The molecule has 0 spiro atoms. The van der Waals surface area contributed by atoms with Gasteiger partial charge in [-0.2, -0.15) is 0 Å². The van der Waals surface area contributed by atoms with Crippen LogP contribution in [-0.4, -0.2) is 0 Å². The lowest BCUT2D eigenvalue weighted by Crippen LogP contribution is -1.96. The van der Waals surface area contributed by atoms with E-state index in [4.69, 9.17) is 0 Å². The minimum absolute atomic E-state index is 0.550. The van der Waals surface area contributed by atoms with Gasteiger partial charge in [-0.1, -0.05) is 45.9 Å². The molecule has 0 N–H and O–H groups in total. The fraction of sp³-hybridized carbons (Fsp3) is 0.400. The molecule has 2 heteroatoms. The van der Waals surface area contributed by atoms with Gasteiger partial charge < -0.3 is 0 Å². The minimum atomic E-state index is 0.550. The molecule has 0 atom stereocenters. The number of hydrogen-bond acceptors (Lipinski definition) is 2. The molecule has 0 saturated carbocycles. The molecule has 116 valence electrons. The van der Waals surface area contributed by atoms with E-state index in [0.29, 0.717) is 11.8 Å². The van der Waals surface area contributed by atoms with Gasteiger partial charge in [0.2, 0.25) is 0 Å². The van der Waals surface area contributed by atoms with Crippen molar-refractivity contribution in [3.63, 3.8) is 0 Å². The van der Waals surface area contributed by atoms with Gasteiger partial charge in [-0.15, -0.1) is 22.7 Å². The molecule has 2 aromatic heterocycles. The first-order valence-corrected chi connectivity index (χ1v) is 9.71. The number of benzene rings is 1. The van der Waals surface area contributed by atoms with Crippen molar-refractivity contribution in [2.24, 2.45) is 0 Å². The van der Waals surface area contributed by atoms with Gasteiger partial charge in [0.15, 0.2) is 0 Å². The summed E-state index contributed by atoms with van der Waals surface area (Å²) in [7, 11) is 0. The third kappa shape index (κ3) is 2.53. The Labute approximate surface area is 141 Å². The summed E-state index contributed by atoms with van der Waals surface area (Å²) in [6, 6.07) is 7.08. The van der Waals surface area contributed by atoms with E-state index in [0.717, 1.165) is 0 Å². The largest absolute Gasteiger partial charge is 0.142 e. The van der Waals surface area contributed by atoms with Crippen molar-refractivity contribution in [3.8, 4) is 10.4 Å². The molecule has 3 aromatic rings. The van der Waals surface area contributed by atoms with E-state index in [-0.39, 0.29) is 0 Å². The Kier molecular flexibility index (Phi) is 4.17. The van der Waals surface area contributed by atoms with Crippen LogP contribution in [0.25, 0.3) is 19.8 Å². The van der Waals surface area contributed by atoms with Gasteiger partial charge in [-0.3, -0.25) is 0 Å². The predicted molar refractivity (Wildman–Crippen MR) is 103 cm³/mol. The molecule has 0 bridgehead atoms. The van der Waals surface area contributed by atoms with Gasteiger partial charge >= 0.3 is 0 Å². The van der Waals surface area contributed by atoms with Gasteiger partial charge in [-0.25, -0.2) is 0 Å². The fourth-order valence-electron chi connectivity index (χ4n) is 2.98. The van der Waals surface area contributed by atoms with Gasteiger partial charge in [0.1, 0.15) is 0 Å². The smallest absolute Gasteiger partial charge is 0.0489 e. The lowest BCUT2D eigenvalue weighted by Gasteiger charge is -2.16. The Balaban J connectivity index is 2.23. The number of fused-ring (bicyclic) bond motifs is 1. The van der Waals surface area contributed by atoms with Crippen molar-refractivity contribution in [3.05, 3.63) is 45.8 Å². The zero-order valence-electron chi connectivity index (χ0n) is 14.3. The maximum Gasteiger partial charge on any atom is 0.0489 e. The van der Waals surface area contributed by atoms with Crippen LogP contribution >= 0.6 is 22.7 Å². The molecule has 1 aromatic carbocycles. The summed E-state index contributed by atoms with van der Waals surface area (Å²) < 4.78 is 2.94. The molecular formula is C20H24S2. The second-order valence-electron chi connectivity index (χ2n) is 6.79. The summed E-state index contributed by atoms with van der Waals surface area (Å²) in [5.41, 5.74) is 7.24. The molecule has 0 radical (unpaired) electrons. The van der Waals surface area contributed by atoms with Crippen molar-refractivity contribution in [1.82, 2.24) is 0 Å².